The summed E-state index contributed by atoms with van der Waals surface area (Å²) in [5, 5.41) is 12.7. The lowest BCUT2D eigenvalue weighted by atomic mass is 10.3. The van der Waals surface area contributed by atoms with Crippen molar-refractivity contribution in [3.05, 3.63) is 53.8 Å². The highest BCUT2D eigenvalue weighted by atomic mass is 35.5. The van der Waals surface area contributed by atoms with Gasteiger partial charge < -0.3 is 9.51 Å². The molecular formula is C14H9ClN6O. The van der Waals surface area contributed by atoms with E-state index in [-0.39, 0.29) is 0 Å². The van der Waals surface area contributed by atoms with Gasteiger partial charge in [0.15, 0.2) is 5.69 Å². The number of aromatic nitrogens is 6. The van der Waals surface area contributed by atoms with Crippen LogP contribution in [0.25, 0.3) is 28.8 Å². The molecule has 0 radical (unpaired) electrons. The van der Waals surface area contributed by atoms with E-state index in [0.29, 0.717) is 22.4 Å². The Balaban J connectivity index is 1.67. The van der Waals surface area contributed by atoms with Crippen LogP contribution in [-0.4, -0.2) is 30.1 Å². The van der Waals surface area contributed by atoms with Gasteiger partial charge in [0.25, 0.3) is 5.89 Å². The third kappa shape index (κ3) is 2.27. The molecule has 3 aromatic heterocycles. The zero-order chi connectivity index (χ0) is 14.9. The van der Waals surface area contributed by atoms with Crippen LogP contribution in [0.1, 0.15) is 0 Å². The highest BCUT2D eigenvalue weighted by Crippen LogP contribution is 2.20. The first-order chi connectivity index (χ1) is 10.8. The third-order valence-electron chi connectivity index (χ3n) is 3.05. The van der Waals surface area contributed by atoms with E-state index in [9.17, 15) is 0 Å². The maximum absolute atomic E-state index is 5.97. The van der Waals surface area contributed by atoms with E-state index in [0.717, 1.165) is 11.4 Å². The van der Waals surface area contributed by atoms with Crippen LogP contribution in [0.15, 0.2) is 53.3 Å². The molecule has 0 unspecified atom stereocenters. The molecule has 22 heavy (non-hydrogen) atoms. The molecule has 0 bridgehead atoms. The largest absolute Gasteiger partial charge is 0.357 e. The van der Waals surface area contributed by atoms with E-state index >= 15 is 0 Å². The maximum atomic E-state index is 5.97. The molecule has 0 aliphatic carbocycles. The molecule has 1 N–H and O–H groups in total. The van der Waals surface area contributed by atoms with Crippen LogP contribution in [0.3, 0.4) is 0 Å². The van der Waals surface area contributed by atoms with Crippen LogP contribution in [0.4, 0.5) is 0 Å². The van der Waals surface area contributed by atoms with Crippen molar-refractivity contribution in [1.29, 1.82) is 0 Å². The van der Waals surface area contributed by atoms with Crippen molar-refractivity contribution in [2.75, 3.05) is 0 Å². The van der Waals surface area contributed by atoms with Gasteiger partial charge in [-0.05, 0) is 30.3 Å². The average Bonchev–Trinajstić information content (AvgIpc) is 3.27. The Hall–Kier alpha value is -2.93. The van der Waals surface area contributed by atoms with Gasteiger partial charge in [-0.25, -0.2) is 4.68 Å². The van der Waals surface area contributed by atoms with E-state index in [1.807, 2.05) is 24.3 Å². The summed E-state index contributed by atoms with van der Waals surface area (Å²) < 4.78 is 6.81. The minimum atomic E-state index is 0.373. The van der Waals surface area contributed by atoms with Crippen LogP contribution in [-0.2, 0) is 0 Å². The van der Waals surface area contributed by atoms with Crippen molar-refractivity contribution in [1.82, 2.24) is 30.1 Å². The van der Waals surface area contributed by atoms with Gasteiger partial charge in [0.1, 0.15) is 5.69 Å². The summed E-state index contributed by atoms with van der Waals surface area (Å²) >= 11 is 5.97. The van der Waals surface area contributed by atoms with Gasteiger partial charge in [0.2, 0.25) is 5.82 Å². The van der Waals surface area contributed by atoms with E-state index in [1.165, 1.54) is 0 Å². The Morgan fingerprint density at radius 1 is 1.18 bits per heavy atom. The second-order valence-electron chi connectivity index (χ2n) is 4.54. The Labute approximate surface area is 129 Å². The Morgan fingerprint density at radius 3 is 2.95 bits per heavy atom. The molecule has 0 aliphatic rings. The lowest BCUT2D eigenvalue weighted by molar-refractivity contribution is 0.431. The van der Waals surface area contributed by atoms with Crippen molar-refractivity contribution < 1.29 is 4.52 Å². The first-order valence-electron chi connectivity index (χ1n) is 6.46. The molecule has 1 aromatic carbocycles. The van der Waals surface area contributed by atoms with Crippen molar-refractivity contribution in [3.8, 4) is 28.8 Å². The Kier molecular flexibility index (Phi) is 2.97. The van der Waals surface area contributed by atoms with E-state index in [4.69, 9.17) is 16.1 Å². The molecule has 0 atom stereocenters. The number of hydrogen-bond donors (Lipinski definition) is 1. The predicted molar refractivity (Wildman–Crippen MR) is 79.4 cm³/mol. The van der Waals surface area contributed by atoms with Gasteiger partial charge >= 0.3 is 0 Å². The highest BCUT2D eigenvalue weighted by molar-refractivity contribution is 6.30. The molecule has 0 spiro atoms. The molecule has 0 aliphatic heterocycles. The molecule has 7 nitrogen and oxygen atoms in total. The lowest BCUT2D eigenvalue weighted by Crippen LogP contribution is -1.93. The summed E-state index contributed by atoms with van der Waals surface area (Å²) in [7, 11) is 0. The van der Waals surface area contributed by atoms with Crippen LogP contribution < -0.4 is 0 Å². The number of benzene rings is 1. The smallest absolute Gasteiger partial charge is 0.274 e. The van der Waals surface area contributed by atoms with Gasteiger partial charge in [0.05, 0.1) is 11.9 Å². The third-order valence-corrected chi connectivity index (χ3v) is 3.28. The molecule has 0 saturated carbocycles. The summed E-state index contributed by atoms with van der Waals surface area (Å²) in [5.74, 6) is 0.773. The van der Waals surface area contributed by atoms with Crippen LogP contribution in [0, 0.1) is 0 Å². The monoisotopic (exact) mass is 312 g/mol. The van der Waals surface area contributed by atoms with Crippen molar-refractivity contribution >= 4 is 11.6 Å². The van der Waals surface area contributed by atoms with E-state index in [2.05, 4.69) is 25.4 Å². The minimum Gasteiger partial charge on any atom is -0.357 e. The van der Waals surface area contributed by atoms with Crippen LogP contribution >= 0.6 is 11.6 Å². The Morgan fingerprint density at radius 2 is 2.14 bits per heavy atom. The fourth-order valence-corrected chi connectivity index (χ4v) is 2.20. The molecule has 3 heterocycles. The first-order valence-corrected chi connectivity index (χ1v) is 6.83. The molecule has 4 rings (SSSR count). The van der Waals surface area contributed by atoms with Crippen molar-refractivity contribution in [2.24, 2.45) is 0 Å². The number of halogens is 1. The number of hydrogen-bond acceptors (Lipinski definition) is 5. The summed E-state index contributed by atoms with van der Waals surface area (Å²) in [4.78, 5) is 7.30. The standard InChI is InChI=1S/C14H9ClN6O/c15-9-3-1-4-10(7-9)21-8-12(18-20-21)13-17-14(22-19-13)11-5-2-6-16-11/h1-8,16H. The lowest BCUT2D eigenvalue weighted by Gasteiger charge is -1.98. The summed E-state index contributed by atoms with van der Waals surface area (Å²) in [6.45, 7) is 0. The number of nitrogens with one attached hydrogen (secondary N) is 1. The van der Waals surface area contributed by atoms with Crippen molar-refractivity contribution in [3.63, 3.8) is 0 Å². The number of nitrogens with zero attached hydrogens (tertiary/aromatic N) is 5. The first kappa shape index (κ1) is 12.8. The van der Waals surface area contributed by atoms with Gasteiger partial charge in [-0.1, -0.05) is 28.0 Å². The summed E-state index contributed by atoms with van der Waals surface area (Å²) in [6, 6.07) is 11.0. The van der Waals surface area contributed by atoms with Crippen LogP contribution in [0.2, 0.25) is 5.02 Å². The summed E-state index contributed by atoms with van der Waals surface area (Å²) in [5.41, 5.74) is 2.07. The van der Waals surface area contributed by atoms with Crippen LogP contribution in [0.5, 0.6) is 0 Å². The SMILES string of the molecule is Clc1cccc(-n2cc(-c3noc(-c4ccc[nH]4)n3)nn2)c1. The zero-order valence-corrected chi connectivity index (χ0v) is 11.9. The molecule has 0 amide bonds. The molecule has 108 valence electrons. The normalized spacial score (nSPS) is 11.0. The molecule has 0 saturated heterocycles. The van der Waals surface area contributed by atoms with E-state index in [1.54, 1.807) is 29.2 Å². The predicted octanol–water partition coefficient (Wildman–Crippen LogP) is 2.97. The van der Waals surface area contributed by atoms with Gasteiger partial charge in [-0.3, -0.25) is 0 Å². The number of rotatable bonds is 3. The highest BCUT2D eigenvalue weighted by Gasteiger charge is 2.14. The van der Waals surface area contributed by atoms with E-state index < -0.39 is 0 Å². The molecule has 0 fully saturated rings. The molecule has 4 aromatic rings. The number of H-pyrrole nitrogens is 1. The number of aromatic amines is 1. The molecular weight excluding hydrogens is 304 g/mol. The topological polar surface area (TPSA) is 85.4 Å². The van der Waals surface area contributed by atoms with Gasteiger partial charge in [0, 0.05) is 11.2 Å². The fraction of sp³-hybridized carbons (Fsp3) is 0. The quantitative estimate of drug-likeness (QED) is 0.628. The second-order valence-corrected chi connectivity index (χ2v) is 4.97. The van der Waals surface area contributed by atoms with Gasteiger partial charge in [-0.2, -0.15) is 4.98 Å². The minimum absolute atomic E-state index is 0.373. The maximum Gasteiger partial charge on any atom is 0.274 e. The van der Waals surface area contributed by atoms with Crippen molar-refractivity contribution in [2.45, 2.75) is 0 Å². The second kappa shape index (κ2) is 5.12. The molecule has 8 heteroatoms. The van der Waals surface area contributed by atoms with Gasteiger partial charge in [-0.15, -0.1) is 5.10 Å². The zero-order valence-electron chi connectivity index (χ0n) is 11.1. The average molecular weight is 313 g/mol. The Bertz CT molecular complexity index is 911. The fourth-order valence-electron chi connectivity index (χ4n) is 2.01. The summed E-state index contributed by atoms with van der Waals surface area (Å²) in [6.07, 6.45) is 3.50.